The molecule has 0 bridgehead atoms. The second-order valence-corrected chi connectivity index (χ2v) is 8.19. The highest BCUT2D eigenvalue weighted by molar-refractivity contribution is 7.98. The predicted molar refractivity (Wildman–Crippen MR) is 109 cm³/mol. The normalized spacial score (nSPS) is 16.8. The van der Waals surface area contributed by atoms with Crippen LogP contribution in [0.3, 0.4) is 0 Å². The molecule has 2 rings (SSSR count). The molecule has 0 amide bonds. The van der Waals surface area contributed by atoms with E-state index in [4.69, 9.17) is 0 Å². The standard InChI is InChI=1S/C21H36N2S/c1-4-22(13-7-17-24-3)18-20-10-14-23(15-11-20)16-12-21-9-6-5-8-19(21)2/h5-6,8-9,20H,4,7,10-18H2,1-3H3. The molecule has 1 aromatic rings. The Hall–Kier alpha value is -0.510. The molecule has 0 aromatic heterocycles. The maximum Gasteiger partial charge on any atom is 0.00219 e. The second-order valence-electron chi connectivity index (χ2n) is 7.20. The van der Waals surface area contributed by atoms with Gasteiger partial charge in [0.05, 0.1) is 0 Å². The quantitative estimate of drug-likeness (QED) is 0.581. The Morgan fingerprint density at radius 2 is 1.96 bits per heavy atom. The third kappa shape index (κ3) is 6.78. The summed E-state index contributed by atoms with van der Waals surface area (Å²) in [7, 11) is 0. The van der Waals surface area contributed by atoms with Crippen LogP contribution in [0, 0.1) is 12.8 Å². The van der Waals surface area contributed by atoms with Crippen molar-refractivity contribution in [2.45, 2.75) is 39.5 Å². The molecule has 0 saturated carbocycles. The van der Waals surface area contributed by atoms with E-state index in [1.165, 1.54) is 81.8 Å². The number of hydrogen-bond acceptors (Lipinski definition) is 3. The highest BCUT2D eigenvalue weighted by Crippen LogP contribution is 2.19. The number of nitrogens with zero attached hydrogens (tertiary/aromatic N) is 2. The minimum atomic E-state index is 0.911. The molecule has 0 radical (unpaired) electrons. The zero-order valence-electron chi connectivity index (χ0n) is 16.0. The van der Waals surface area contributed by atoms with Gasteiger partial charge >= 0.3 is 0 Å². The van der Waals surface area contributed by atoms with E-state index in [0.717, 1.165) is 5.92 Å². The van der Waals surface area contributed by atoms with E-state index in [9.17, 15) is 0 Å². The number of piperidine rings is 1. The summed E-state index contributed by atoms with van der Waals surface area (Å²) in [4.78, 5) is 5.34. The van der Waals surface area contributed by atoms with Crippen molar-refractivity contribution < 1.29 is 0 Å². The van der Waals surface area contributed by atoms with Crippen LogP contribution in [0.4, 0.5) is 0 Å². The van der Waals surface area contributed by atoms with Gasteiger partial charge in [-0.3, -0.25) is 0 Å². The molecule has 1 aromatic carbocycles. The maximum absolute atomic E-state index is 2.67. The first kappa shape index (κ1) is 19.8. The molecule has 0 unspecified atom stereocenters. The van der Waals surface area contributed by atoms with Gasteiger partial charge in [-0.2, -0.15) is 11.8 Å². The number of aryl methyl sites for hydroxylation is 1. The molecule has 1 saturated heterocycles. The summed E-state index contributed by atoms with van der Waals surface area (Å²) in [5.41, 5.74) is 2.96. The Kier molecular flexibility index (Phi) is 9.22. The molecule has 1 aliphatic heterocycles. The summed E-state index contributed by atoms with van der Waals surface area (Å²) >= 11 is 1.97. The highest BCUT2D eigenvalue weighted by atomic mass is 32.2. The van der Waals surface area contributed by atoms with Crippen molar-refractivity contribution in [2.24, 2.45) is 5.92 Å². The van der Waals surface area contributed by atoms with Gasteiger partial charge in [0.25, 0.3) is 0 Å². The van der Waals surface area contributed by atoms with Crippen molar-refractivity contribution in [1.82, 2.24) is 9.80 Å². The molecule has 136 valence electrons. The van der Waals surface area contributed by atoms with Crippen LogP contribution >= 0.6 is 11.8 Å². The number of rotatable bonds is 10. The van der Waals surface area contributed by atoms with Crippen molar-refractivity contribution in [3.05, 3.63) is 35.4 Å². The molecule has 0 N–H and O–H groups in total. The van der Waals surface area contributed by atoms with Crippen molar-refractivity contribution in [1.29, 1.82) is 0 Å². The van der Waals surface area contributed by atoms with E-state index in [1.54, 1.807) is 0 Å². The molecule has 1 fully saturated rings. The second kappa shape index (κ2) is 11.2. The summed E-state index contributed by atoms with van der Waals surface area (Å²) in [6.07, 6.45) is 7.51. The van der Waals surface area contributed by atoms with E-state index >= 15 is 0 Å². The number of hydrogen-bond donors (Lipinski definition) is 0. The zero-order valence-corrected chi connectivity index (χ0v) is 16.8. The van der Waals surface area contributed by atoms with Crippen molar-refractivity contribution >= 4 is 11.8 Å². The zero-order chi connectivity index (χ0) is 17.2. The van der Waals surface area contributed by atoms with Gasteiger partial charge in [0.1, 0.15) is 0 Å². The highest BCUT2D eigenvalue weighted by Gasteiger charge is 2.20. The summed E-state index contributed by atoms with van der Waals surface area (Å²) in [6.45, 7) is 12.2. The summed E-state index contributed by atoms with van der Waals surface area (Å²) in [5.74, 6) is 2.21. The van der Waals surface area contributed by atoms with Crippen LogP contribution in [0.2, 0.25) is 0 Å². The first-order valence-electron chi connectivity index (χ1n) is 9.71. The largest absolute Gasteiger partial charge is 0.303 e. The van der Waals surface area contributed by atoms with E-state index in [0.29, 0.717) is 0 Å². The molecule has 0 atom stereocenters. The number of thioether (sulfide) groups is 1. The van der Waals surface area contributed by atoms with Crippen molar-refractivity contribution in [3.8, 4) is 0 Å². The summed E-state index contributed by atoms with van der Waals surface area (Å²) in [6, 6.07) is 8.84. The molecule has 1 aliphatic rings. The Morgan fingerprint density at radius 1 is 1.21 bits per heavy atom. The van der Waals surface area contributed by atoms with E-state index in [-0.39, 0.29) is 0 Å². The van der Waals surface area contributed by atoms with Crippen LogP contribution in [0.5, 0.6) is 0 Å². The SMILES string of the molecule is CCN(CCCSC)CC1CCN(CCc2ccccc2C)CC1. The lowest BCUT2D eigenvalue weighted by Gasteiger charge is -2.34. The topological polar surface area (TPSA) is 6.48 Å². The molecular formula is C21H36N2S. The van der Waals surface area contributed by atoms with Crippen LogP contribution in [0.25, 0.3) is 0 Å². The van der Waals surface area contributed by atoms with Gasteiger partial charge in [-0.15, -0.1) is 0 Å². The van der Waals surface area contributed by atoms with Crippen LogP contribution in [-0.2, 0) is 6.42 Å². The Labute approximate surface area is 154 Å². The van der Waals surface area contributed by atoms with E-state index < -0.39 is 0 Å². The molecule has 0 spiro atoms. The van der Waals surface area contributed by atoms with Crippen molar-refractivity contribution in [3.63, 3.8) is 0 Å². The predicted octanol–water partition coefficient (Wildman–Crippen LogP) is 4.32. The third-order valence-electron chi connectivity index (χ3n) is 5.45. The summed E-state index contributed by atoms with van der Waals surface area (Å²) < 4.78 is 0. The van der Waals surface area contributed by atoms with Crippen LogP contribution in [0.1, 0.15) is 37.3 Å². The maximum atomic E-state index is 2.67. The lowest BCUT2D eigenvalue weighted by Crippen LogP contribution is -2.39. The lowest BCUT2D eigenvalue weighted by molar-refractivity contribution is 0.147. The van der Waals surface area contributed by atoms with Gasteiger partial charge in [0.2, 0.25) is 0 Å². The van der Waals surface area contributed by atoms with Crippen LogP contribution < -0.4 is 0 Å². The Balaban J connectivity index is 1.66. The minimum Gasteiger partial charge on any atom is -0.303 e. The molecule has 0 aliphatic carbocycles. The van der Waals surface area contributed by atoms with Gasteiger partial charge in [-0.1, -0.05) is 31.2 Å². The average Bonchev–Trinajstić information content (AvgIpc) is 2.61. The average molecular weight is 349 g/mol. The summed E-state index contributed by atoms with van der Waals surface area (Å²) in [5, 5.41) is 0. The van der Waals surface area contributed by atoms with Gasteiger partial charge in [-0.25, -0.2) is 0 Å². The molecule has 1 heterocycles. The third-order valence-corrected chi connectivity index (χ3v) is 6.15. The number of benzene rings is 1. The van der Waals surface area contributed by atoms with Crippen LogP contribution in [0.15, 0.2) is 24.3 Å². The minimum absolute atomic E-state index is 0.911. The Bertz CT molecular complexity index is 455. The van der Waals surface area contributed by atoms with Gasteiger partial charge in [-0.05, 0) is 87.8 Å². The fraction of sp³-hybridized carbons (Fsp3) is 0.714. The molecule has 24 heavy (non-hydrogen) atoms. The monoisotopic (exact) mass is 348 g/mol. The Morgan fingerprint density at radius 3 is 2.62 bits per heavy atom. The first-order chi connectivity index (χ1) is 11.7. The first-order valence-corrected chi connectivity index (χ1v) is 11.1. The van der Waals surface area contributed by atoms with Crippen molar-refractivity contribution in [2.75, 3.05) is 51.3 Å². The molecule has 2 nitrogen and oxygen atoms in total. The fourth-order valence-electron chi connectivity index (χ4n) is 3.74. The fourth-order valence-corrected chi connectivity index (χ4v) is 4.16. The van der Waals surface area contributed by atoms with Crippen LogP contribution in [-0.4, -0.2) is 61.1 Å². The van der Waals surface area contributed by atoms with E-state index in [2.05, 4.69) is 54.2 Å². The van der Waals surface area contributed by atoms with Gasteiger partial charge in [0, 0.05) is 13.1 Å². The molecular weight excluding hydrogens is 312 g/mol. The van der Waals surface area contributed by atoms with Gasteiger partial charge < -0.3 is 9.80 Å². The lowest BCUT2D eigenvalue weighted by atomic mass is 9.95. The van der Waals surface area contributed by atoms with E-state index in [1.807, 2.05) is 11.8 Å². The molecule has 3 heteroatoms. The van der Waals surface area contributed by atoms with Gasteiger partial charge in [0.15, 0.2) is 0 Å². The smallest absolute Gasteiger partial charge is 0.00219 e. The number of likely N-dealkylation sites (tertiary alicyclic amines) is 1.